The minimum Gasteiger partial charge on any atom is -0.494 e. The average molecular weight is 610 g/mol. The van der Waals surface area contributed by atoms with Crippen LogP contribution < -0.4 is 9.80 Å². The molecule has 0 unspecified atom stereocenters. The topological polar surface area (TPSA) is 54.4 Å². The van der Waals surface area contributed by atoms with Crippen molar-refractivity contribution in [1.82, 2.24) is 15.0 Å². The molecule has 5 aromatic carbocycles. The fourth-order valence-corrected chi connectivity index (χ4v) is 6.26. The fraction of sp³-hybridized carbons (Fsp3) is 0.0732. The van der Waals surface area contributed by atoms with Gasteiger partial charge in [-0.15, -0.1) is 0 Å². The minimum atomic E-state index is 0.604. The summed E-state index contributed by atoms with van der Waals surface area (Å²) >= 11 is 0. The van der Waals surface area contributed by atoms with E-state index in [0.29, 0.717) is 17.5 Å². The molecule has 8 rings (SSSR count). The van der Waals surface area contributed by atoms with Crippen LogP contribution in [0.25, 0.3) is 45.3 Å². The molecule has 0 fully saturated rings. The Bertz CT molecular complexity index is 2230. The van der Waals surface area contributed by atoms with Crippen LogP contribution in [0.3, 0.4) is 0 Å². The van der Waals surface area contributed by atoms with E-state index in [9.17, 15) is 0 Å². The maximum atomic E-state index is 5.67. The molecule has 0 saturated heterocycles. The lowest BCUT2D eigenvalue weighted by molar-refractivity contribution is 0.301. The van der Waals surface area contributed by atoms with Gasteiger partial charge in [0.25, 0.3) is 0 Å². The van der Waals surface area contributed by atoms with E-state index in [1.807, 2.05) is 54.6 Å². The summed E-state index contributed by atoms with van der Waals surface area (Å²) in [5.74, 6) is 3.54. The van der Waals surface area contributed by atoms with Gasteiger partial charge in [0.05, 0.1) is 24.2 Å². The smallest absolute Gasteiger partial charge is 0.168 e. The summed E-state index contributed by atoms with van der Waals surface area (Å²) in [6.07, 6.45) is 1.90. The van der Waals surface area contributed by atoms with Crippen LogP contribution in [0.15, 0.2) is 156 Å². The Morgan fingerprint density at radius 1 is 0.553 bits per heavy atom. The molecule has 0 radical (unpaired) electrons. The van der Waals surface area contributed by atoms with Crippen LogP contribution in [0.5, 0.6) is 0 Å². The highest BCUT2D eigenvalue weighted by atomic mass is 16.5. The van der Waals surface area contributed by atoms with Crippen LogP contribution in [0.4, 0.5) is 17.1 Å². The number of hydrogen-bond donors (Lipinski definition) is 0. The SMILES string of the molecule is COC1=C(C)N2C(=C=C1)N(c1ccccc1)c1cc(-c3nc(-c4ccccc4)nc(-c4ccc(-c5ccccc5C)cc4)n3)ccc12. The quantitative estimate of drug-likeness (QED) is 0.175. The fourth-order valence-electron chi connectivity index (χ4n) is 6.26. The first-order valence-electron chi connectivity index (χ1n) is 15.6. The van der Waals surface area contributed by atoms with Crippen LogP contribution in [0, 0.1) is 6.92 Å². The molecule has 0 atom stereocenters. The minimum absolute atomic E-state index is 0.604. The van der Waals surface area contributed by atoms with E-state index >= 15 is 0 Å². The van der Waals surface area contributed by atoms with Crippen molar-refractivity contribution in [3.8, 4) is 45.3 Å². The third-order valence-corrected chi connectivity index (χ3v) is 8.66. The van der Waals surface area contributed by atoms with Crippen molar-refractivity contribution in [3.05, 3.63) is 162 Å². The van der Waals surface area contributed by atoms with Crippen molar-refractivity contribution in [2.45, 2.75) is 13.8 Å². The van der Waals surface area contributed by atoms with E-state index in [-0.39, 0.29) is 0 Å². The highest BCUT2D eigenvalue weighted by molar-refractivity contribution is 5.93. The third kappa shape index (κ3) is 4.98. The first kappa shape index (κ1) is 28.3. The zero-order valence-corrected chi connectivity index (χ0v) is 26.3. The number of methoxy groups -OCH3 is 1. The molecule has 0 amide bonds. The van der Waals surface area contributed by atoms with Gasteiger partial charge >= 0.3 is 0 Å². The Kier molecular flexibility index (Phi) is 6.98. The summed E-state index contributed by atoms with van der Waals surface area (Å²) in [5.41, 5.74) is 13.9. The van der Waals surface area contributed by atoms with E-state index in [1.54, 1.807) is 7.11 Å². The van der Waals surface area contributed by atoms with Crippen molar-refractivity contribution < 1.29 is 4.74 Å². The van der Waals surface area contributed by atoms with E-state index < -0.39 is 0 Å². The third-order valence-electron chi connectivity index (χ3n) is 8.66. The van der Waals surface area contributed by atoms with Gasteiger partial charge in [0.1, 0.15) is 5.76 Å². The standard InChI is InChI=1S/C41H31N5O/c1-27-12-10-11-17-34(27)29-18-20-31(21-19-29)40-42-39(30-13-6-4-7-14-30)43-41(44-40)32-22-23-35-36(26-32)46(33-15-8-5-9-16-33)38-25-24-37(47-3)28(2)45(35)38/h4-24,26H,1-3H3. The first-order chi connectivity index (χ1) is 23.1. The number of aryl methyl sites for hydroxylation is 1. The molecular formula is C41H31N5O. The Labute approximate surface area is 274 Å². The second-order valence-electron chi connectivity index (χ2n) is 11.5. The maximum Gasteiger partial charge on any atom is 0.168 e. The van der Waals surface area contributed by atoms with Crippen LogP contribution >= 0.6 is 0 Å². The van der Waals surface area contributed by atoms with Gasteiger partial charge in [-0.1, -0.05) is 103 Å². The van der Waals surface area contributed by atoms with Gasteiger partial charge in [0, 0.05) is 28.5 Å². The number of anilines is 3. The Morgan fingerprint density at radius 2 is 1.13 bits per heavy atom. The molecule has 0 spiro atoms. The maximum absolute atomic E-state index is 5.67. The lowest BCUT2D eigenvalue weighted by Crippen LogP contribution is -2.26. The number of benzene rings is 5. The zero-order chi connectivity index (χ0) is 31.9. The summed E-state index contributed by atoms with van der Waals surface area (Å²) in [7, 11) is 1.69. The van der Waals surface area contributed by atoms with E-state index in [1.165, 1.54) is 11.1 Å². The van der Waals surface area contributed by atoms with E-state index in [2.05, 4.69) is 108 Å². The second kappa shape index (κ2) is 11.6. The Balaban J connectivity index is 1.27. The molecule has 226 valence electrons. The summed E-state index contributed by atoms with van der Waals surface area (Å²) in [5, 5.41) is 0. The largest absolute Gasteiger partial charge is 0.494 e. The lowest BCUT2D eigenvalue weighted by atomic mass is 9.99. The molecule has 2 aliphatic heterocycles. The molecule has 6 aromatic rings. The van der Waals surface area contributed by atoms with Crippen LogP contribution in [-0.2, 0) is 4.74 Å². The summed E-state index contributed by atoms with van der Waals surface area (Å²) in [6, 6.07) is 43.6. The van der Waals surface area contributed by atoms with Crippen molar-refractivity contribution in [2.75, 3.05) is 16.9 Å². The van der Waals surface area contributed by atoms with Crippen molar-refractivity contribution in [3.63, 3.8) is 0 Å². The molecule has 0 N–H and O–H groups in total. The Hall–Kier alpha value is -6.23. The molecule has 3 heterocycles. The van der Waals surface area contributed by atoms with Crippen molar-refractivity contribution in [1.29, 1.82) is 0 Å². The van der Waals surface area contributed by atoms with Crippen LogP contribution in [-0.4, -0.2) is 22.1 Å². The van der Waals surface area contributed by atoms with Gasteiger partial charge in [0.15, 0.2) is 23.3 Å². The van der Waals surface area contributed by atoms with Gasteiger partial charge in [-0.05, 0) is 60.9 Å². The molecule has 0 aliphatic carbocycles. The van der Waals surface area contributed by atoms with E-state index in [0.717, 1.165) is 56.6 Å². The van der Waals surface area contributed by atoms with Crippen molar-refractivity contribution in [2.24, 2.45) is 0 Å². The highest BCUT2D eigenvalue weighted by Gasteiger charge is 2.36. The van der Waals surface area contributed by atoms with Gasteiger partial charge in [-0.25, -0.2) is 15.0 Å². The summed E-state index contributed by atoms with van der Waals surface area (Å²) < 4.78 is 5.67. The average Bonchev–Trinajstić information content (AvgIpc) is 3.47. The van der Waals surface area contributed by atoms with Gasteiger partial charge < -0.3 is 4.74 Å². The number of ether oxygens (including phenoxy) is 1. The lowest BCUT2D eigenvalue weighted by Gasteiger charge is -2.27. The molecule has 0 bridgehead atoms. The zero-order valence-electron chi connectivity index (χ0n) is 26.3. The van der Waals surface area contributed by atoms with Crippen molar-refractivity contribution >= 4 is 17.1 Å². The molecular weight excluding hydrogens is 578 g/mol. The van der Waals surface area contributed by atoms with Gasteiger partial charge in [-0.2, -0.15) is 0 Å². The predicted octanol–water partition coefficient (Wildman–Crippen LogP) is 9.69. The molecule has 0 saturated carbocycles. The van der Waals surface area contributed by atoms with Crippen LogP contribution in [0.1, 0.15) is 12.5 Å². The molecule has 47 heavy (non-hydrogen) atoms. The van der Waals surface area contributed by atoms with Crippen LogP contribution in [0.2, 0.25) is 0 Å². The molecule has 6 heteroatoms. The number of fused-ring (bicyclic) bond motifs is 3. The number of aromatic nitrogens is 3. The number of nitrogens with zero attached hydrogens (tertiary/aromatic N) is 5. The highest BCUT2D eigenvalue weighted by Crippen LogP contribution is 2.50. The Morgan fingerprint density at radius 3 is 1.81 bits per heavy atom. The van der Waals surface area contributed by atoms with E-state index in [4.69, 9.17) is 19.7 Å². The normalized spacial score (nSPS) is 13.4. The molecule has 1 aromatic heterocycles. The summed E-state index contributed by atoms with van der Waals surface area (Å²) in [6.45, 7) is 4.20. The number of para-hydroxylation sites is 1. The van der Waals surface area contributed by atoms with Gasteiger partial charge in [0.2, 0.25) is 0 Å². The molecule has 2 aliphatic rings. The number of rotatable bonds is 6. The monoisotopic (exact) mass is 609 g/mol. The summed E-state index contributed by atoms with van der Waals surface area (Å²) in [4.78, 5) is 19.4. The first-order valence-corrected chi connectivity index (χ1v) is 15.6. The molecule has 6 nitrogen and oxygen atoms in total. The second-order valence-corrected chi connectivity index (χ2v) is 11.5. The van der Waals surface area contributed by atoms with Gasteiger partial charge in [-0.3, -0.25) is 9.80 Å². The predicted molar refractivity (Wildman–Crippen MR) is 189 cm³/mol. The number of hydrogen-bond acceptors (Lipinski definition) is 6. The number of allylic oxidation sites excluding steroid dienone is 2.